The molecule has 0 saturated heterocycles. The molecular weight excluding hydrogens is 480 g/mol. The summed E-state index contributed by atoms with van der Waals surface area (Å²) in [4.78, 5) is 10.2. The third-order valence-corrected chi connectivity index (χ3v) is 8.12. The molecule has 0 amide bonds. The molecule has 6 heteroatoms. The van der Waals surface area contributed by atoms with Crippen LogP contribution in [0.25, 0.3) is 0 Å². The first-order valence-electron chi connectivity index (χ1n) is 16.1. The Morgan fingerprint density at radius 2 is 0.892 bits per heavy atom. The SMILES string of the molecule is CCCCCCCCCCCCSCCCCCCCCNCCCCNCCCCCCOC(=O)O. The first-order chi connectivity index (χ1) is 18.3. The summed E-state index contributed by atoms with van der Waals surface area (Å²) in [7, 11) is 0. The zero-order valence-corrected chi connectivity index (χ0v) is 25.5. The van der Waals surface area contributed by atoms with Gasteiger partial charge in [0.2, 0.25) is 0 Å². The van der Waals surface area contributed by atoms with Crippen molar-refractivity contribution in [2.45, 2.75) is 148 Å². The van der Waals surface area contributed by atoms with E-state index in [4.69, 9.17) is 5.11 Å². The largest absolute Gasteiger partial charge is 0.505 e. The molecule has 0 atom stereocenters. The molecule has 0 saturated carbocycles. The lowest BCUT2D eigenvalue weighted by Gasteiger charge is -2.07. The maximum absolute atomic E-state index is 10.2. The fraction of sp³-hybridized carbons (Fsp3) is 0.968. The predicted octanol–water partition coefficient (Wildman–Crippen LogP) is 9.20. The van der Waals surface area contributed by atoms with Gasteiger partial charge in [0.15, 0.2) is 0 Å². The van der Waals surface area contributed by atoms with Crippen LogP contribution < -0.4 is 10.6 Å². The number of carboxylic acid groups (broad SMARTS) is 1. The summed E-state index contributed by atoms with van der Waals surface area (Å²) in [6.07, 6.45) is 28.2. The Kier molecular flexibility index (Phi) is 33.2. The maximum atomic E-state index is 10.2. The van der Waals surface area contributed by atoms with E-state index >= 15 is 0 Å². The Bertz CT molecular complexity index is 441. The van der Waals surface area contributed by atoms with Gasteiger partial charge < -0.3 is 20.5 Å². The molecule has 0 unspecified atom stereocenters. The average molecular weight is 545 g/mol. The summed E-state index contributed by atoms with van der Waals surface area (Å²) in [6, 6.07) is 0. The fourth-order valence-corrected chi connectivity index (χ4v) is 5.59. The van der Waals surface area contributed by atoms with Crippen LogP contribution >= 0.6 is 11.8 Å². The first-order valence-corrected chi connectivity index (χ1v) is 17.3. The van der Waals surface area contributed by atoms with Crippen LogP contribution in [0.5, 0.6) is 0 Å². The zero-order chi connectivity index (χ0) is 26.9. The molecule has 0 radical (unpaired) electrons. The molecule has 0 aromatic rings. The van der Waals surface area contributed by atoms with Gasteiger partial charge in [-0.3, -0.25) is 0 Å². The van der Waals surface area contributed by atoms with Crippen molar-refractivity contribution in [3.63, 3.8) is 0 Å². The van der Waals surface area contributed by atoms with E-state index in [1.54, 1.807) is 0 Å². The van der Waals surface area contributed by atoms with Gasteiger partial charge in [-0.2, -0.15) is 11.8 Å². The third-order valence-electron chi connectivity index (χ3n) is 6.96. The number of hydrogen-bond donors (Lipinski definition) is 3. The van der Waals surface area contributed by atoms with Crippen LogP contribution in [-0.2, 0) is 4.74 Å². The monoisotopic (exact) mass is 544 g/mol. The summed E-state index contributed by atoms with van der Waals surface area (Å²) < 4.78 is 4.50. The first kappa shape index (κ1) is 36.5. The lowest BCUT2D eigenvalue weighted by Crippen LogP contribution is -2.20. The van der Waals surface area contributed by atoms with Crippen molar-refractivity contribution in [3.05, 3.63) is 0 Å². The highest BCUT2D eigenvalue weighted by atomic mass is 32.2. The summed E-state index contributed by atoms with van der Waals surface area (Å²) in [5.41, 5.74) is 0. The predicted molar refractivity (Wildman–Crippen MR) is 164 cm³/mol. The van der Waals surface area contributed by atoms with E-state index in [1.807, 2.05) is 0 Å². The Balaban J connectivity index is 3.02. The molecule has 5 nitrogen and oxygen atoms in total. The van der Waals surface area contributed by atoms with Crippen molar-refractivity contribution in [2.24, 2.45) is 0 Å². The number of carbonyl (C=O) groups is 1. The van der Waals surface area contributed by atoms with Crippen molar-refractivity contribution < 1.29 is 14.6 Å². The molecule has 0 spiro atoms. The molecule has 37 heavy (non-hydrogen) atoms. The smallest absolute Gasteiger partial charge is 0.450 e. The standard InChI is InChI=1S/C31H64N2O3S/c1-2-3-4-5-6-7-8-10-15-22-29-37-30-23-16-11-9-12-17-24-32-26-19-20-27-33-25-18-13-14-21-28-36-31(34)35/h32-33H,2-30H2,1H3,(H,34,35). The topological polar surface area (TPSA) is 70.6 Å². The molecule has 0 bridgehead atoms. The zero-order valence-electron chi connectivity index (χ0n) is 24.7. The Labute approximate surface area is 235 Å². The quantitative estimate of drug-likeness (QED) is 0.0579. The summed E-state index contributed by atoms with van der Waals surface area (Å²) in [5.74, 6) is 2.75. The number of nitrogens with one attached hydrogen (secondary N) is 2. The van der Waals surface area contributed by atoms with Gasteiger partial charge in [0, 0.05) is 0 Å². The van der Waals surface area contributed by atoms with Crippen LogP contribution in [0.3, 0.4) is 0 Å². The molecule has 0 aliphatic heterocycles. The molecule has 3 N–H and O–H groups in total. The number of thioether (sulfide) groups is 1. The van der Waals surface area contributed by atoms with Gasteiger partial charge in [0.1, 0.15) is 0 Å². The van der Waals surface area contributed by atoms with Crippen LogP contribution in [0.15, 0.2) is 0 Å². The molecular formula is C31H64N2O3S. The van der Waals surface area contributed by atoms with Crippen LogP contribution in [0.4, 0.5) is 4.79 Å². The van der Waals surface area contributed by atoms with Gasteiger partial charge in [-0.25, -0.2) is 4.79 Å². The van der Waals surface area contributed by atoms with Crippen molar-refractivity contribution in [3.8, 4) is 0 Å². The second-order valence-corrected chi connectivity index (χ2v) is 11.9. The second kappa shape index (κ2) is 33.6. The van der Waals surface area contributed by atoms with Gasteiger partial charge in [-0.05, 0) is 82.6 Å². The van der Waals surface area contributed by atoms with Crippen molar-refractivity contribution in [1.82, 2.24) is 10.6 Å². The molecule has 0 fully saturated rings. The number of hydrogen-bond acceptors (Lipinski definition) is 5. The number of unbranched alkanes of at least 4 members (excludes halogenated alkanes) is 18. The van der Waals surface area contributed by atoms with Gasteiger partial charge in [0.25, 0.3) is 0 Å². The highest BCUT2D eigenvalue weighted by Gasteiger charge is 1.97. The minimum atomic E-state index is -1.17. The fourth-order valence-electron chi connectivity index (χ4n) is 4.57. The minimum absolute atomic E-state index is 0.328. The van der Waals surface area contributed by atoms with E-state index < -0.39 is 6.16 Å². The highest BCUT2D eigenvalue weighted by molar-refractivity contribution is 7.99. The number of rotatable bonds is 32. The Morgan fingerprint density at radius 3 is 1.32 bits per heavy atom. The van der Waals surface area contributed by atoms with Crippen LogP contribution in [0, 0.1) is 0 Å². The average Bonchev–Trinajstić information content (AvgIpc) is 2.89. The Morgan fingerprint density at radius 1 is 0.541 bits per heavy atom. The molecule has 0 heterocycles. The van der Waals surface area contributed by atoms with E-state index in [9.17, 15) is 4.79 Å². The van der Waals surface area contributed by atoms with E-state index in [0.29, 0.717) is 6.61 Å². The van der Waals surface area contributed by atoms with Gasteiger partial charge >= 0.3 is 6.16 Å². The summed E-state index contributed by atoms with van der Waals surface area (Å²) >= 11 is 2.19. The molecule has 0 aromatic heterocycles. The number of ether oxygens (including phenoxy) is 1. The van der Waals surface area contributed by atoms with Gasteiger partial charge in [0.05, 0.1) is 6.61 Å². The van der Waals surface area contributed by atoms with Gasteiger partial charge in [-0.1, -0.05) is 103 Å². The molecule has 0 aliphatic rings. The second-order valence-electron chi connectivity index (χ2n) is 10.7. The normalized spacial score (nSPS) is 11.3. The van der Waals surface area contributed by atoms with Crippen molar-refractivity contribution in [2.75, 3.05) is 44.3 Å². The van der Waals surface area contributed by atoms with E-state index in [1.165, 1.54) is 134 Å². The molecule has 0 rings (SSSR count). The molecule has 0 aliphatic carbocycles. The summed E-state index contributed by atoms with van der Waals surface area (Å²) in [5, 5.41) is 15.5. The van der Waals surface area contributed by atoms with Crippen LogP contribution in [0.1, 0.15) is 148 Å². The van der Waals surface area contributed by atoms with E-state index in [2.05, 4.69) is 34.1 Å². The maximum Gasteiger partial charge on any atom is 0.505 e. The van der Waals surface area contributed by atoms with Crippen LogP contribution in [0.2, 0.25) is 0 Å². The van der Waals surface area contributed by atoms with Crippen LogP contribution in [-0.4, -0.2) is 55.6 Å². The summed E-state index contributed by atoms with van der Waals surface area (Å²) in [6.45, 7) is 7.10. The van der Waals surface area contributed by atoms with Gasteiger partial charge in [-0.15, -0.1) is 0 Å². The van der Waals surface area contributed by atoms with Crippen molar-refractivity contribution in [1.29, 1.82) is 0 Å². The third kappa shape index (κ3) is 35.5. The lowest BCUT2D eigenvalue weighted by atomic mass is 10.1. The van der Waals surface area contributed by atoms with E-state index in [-0.39, 0.29) is 0 Å². The molecule has 222 valence electrons. The molecule has 0 aromatic carbocycles. The lowest BCUT2D eigenvalue weighted by molar-refractivity contribution is 0.0899. The van der Waals surface area contributed by atoms with Crippen molar-refractivity contribution >= 4 is 17.9 Å². The Hall–Kier alpha value is -0.460. The highest BCUT2D eigenvalue weighted by Crippen LogP contribution is 2.14. The minimum Gasteiger partial charge on any atom is -0.450 e. The van der Waals surface area contributed by atoms with E-state index in [0.717, 1.165) is 45.3 Å².